The van der Waals surface area contributed by atoms with E-state index in [0.29, 0.717) is 12.2 Å². The molecule has 1 N–H and O–H groups in total. The van der Waals surface area contributed by atoms with Gasteiger partial charge in [0.2, 0.25) is 0 Å². The number of hydrogen-bond donors (Lipinski definition) is 1. The van der Waals surface area contributed by atoms with Gasteiger partial charge in [-0.05, 0) is 55.5 Å². The van der Waals surface area contributed by atoms with Crippen LogP contribution in [-0.2, 0) is 6.54 Å². The Hall–Kier alpha value is -3.34. The molecule has 3 aromatic rings. The third kappa shape index (κ3) is 4.74. The van der Waals surface area contributed by atoms with Crippen LogP contribution in [-0.4, -0.2) is 16.6 Å². The van der Waals surface area contributed by atoms with Crippen LogP contribution >= 0.6 is 0 Å². The van der Waals surface area contributed by atoms with Crippen molar-refractivity contribution >= 4 is 11.6 Å². The lowest BCUT2D eigenvalue weighted by atomic mass is 10.2. The van der Waals surface area contributed by atoms with Crippen molar-refractivity contribution in [1.82, 2.24) is 4.57 Å². The molecule has 4 rings (SSSR count). The number of carbonyl (C=O) groups excluding carboxylic acids is 1. The summed E-state index contributed by atoms with van der Waals surface area (Å²) in [5, 5.41) is 2.82. The SMILES string of the molecule is O=C(Nc1cccc(OC2CCCC2)c1)c1cccn(Cc2ccccc2)c1=O. The van der Waals surface area contributed by atoms with E-state index in [1.54, 1.807) is 29.0 Å². The molecular formula is C24H24N2O3. The van der Waals surface area contributed by atoms with Gasteiger partial charge < -0.3 is 14.6 Å². The third-order valence-corrected chi connectivity index (χ3v) is 5.16. The van der Waals surface area contributed by atoms with Crippen molar-refractivity contribution in [2.75, 3.05) is 5.32 Å². The van der Waals surface area contributed by atoms with E-state index >= 15 is 0 Å². The number of pyridine rings is 1. The van der Waals surface area contributed by atoms with Gasteiger partial charge in [-0.3, -0.25) is 9.59 Å². The first-order valence-electron chi connectivity index (χ1n) is 10.0. The van der Waals surface area contributed by atoms with Crippen LogP contribution in [0.15, 0.2) is 77.7 Å². The van der Waals surface area contributed by atoms with Gasteiger partial charge in [-0.25, -0.2) is 0 Å². The first kappa shape index (κ1) is 19.0. The molecule has 1 saturated carbocycles. The minimum absolute atomic E-state index is 0.116. The normalized spacial score (nSPS) is 13.9. The molecule has 1 aromatic heterocycles. The number of aromatic nitrogens is 1. The highest BCUT2D eigenvalue weighted by atomic mass is 16.5. The molecule has 29 heavy (non-hydrogen) atoms. The van der Waals surface area contributed by atoms with Crippen LogP contribution in [0.3, 0.4) is 0 Å². The summed E-state index contributed by atoms with van der Waals surface area (Å²) in [7, 11) is 0. The van der Waals surface area contributed by atoms with Crippen LogP contribution in [0.4, 0.5) is 5.69 Å². The molecule has 1 aliphatic carbocycles. The summed E-state index contributed by atoms with van der Waals surface area (Å²) in [5.41, 5.74) is 1.42. The Kier molecular flexibility index (Phi) is 5.75. The molecule has 0 aliphatic heterocycles. The van der Waals surface area contributed by atoms with E-state index in [9.17, 15) is 9.59 Å². The monoisotopic (exact) mass is 388 g/mol. The largest absolute Gasteiger partial charge is 0.490 e. The highest BCUT2D eigenvalue weighted by molar-refractivity contribution is 6.04. The molecule has 5 nitrogen and oxygen atoms in total. The first-order chi connectivity index (χ1) is 14.2. The van der Waals surface area contributed by atoms with Crippen LogP contribution in [0.5, 0.6) is 5.75 Å². The lowest BCUT2D eigenvalue weighted by Crippen LogP contribution is -2.29. The second-order valence-electron chi connectivity index (χ2n) is 7.35. The lowest BCUT2D eigenvalue weighted by molar-refractivity contribution is 0.102. The van der Waals surface area contributed by atoms with Gasteiger partial charge in [0.15, 0.2) is 0 Å². The predicted molar refractivity (Wildman–Crippen MR) is 114 cm³/mol. The molecule has 1 fully saturated rings. The fraction of sp³-hybridized carbons (Fsp3) is 0.250. The summed E-state index contributed by atoms with van der Waals surface area (Å²) in [6, 6.07) is 20.3. The number of rotatable bonds is 6. The van der Waals surface area contributed by atoms with Crippen molar-refractivity contribution in [2.24, 2.45) is 0 Å². The first-order valence-corrected chi connectivity index (χ1v) is 10.0. The minimum Gasteiger partial charge on any atom is -0.490 e. The Balaban J connectivity index is 1.48. The van der Waals surface area contributed by atoms with E-state index in [4.69, 9.17) is 4.74 Å². The van der Waals surface area contributed by atoms with Gasteiger partial charge in [0, 0.05) is 18.0 Å². The topological polar surface area (TPSA) is 60.3 Å². The van der Waals surface area contributed by atoms with Crippen LogP contribution in [0, 0.1) is 0 Å². The maximum Gasteiger partial charge on any atom is 0.263 e. The standard InChI is InChI=1S/C24H24N2O3/c27-23(25-19-10-6-13-21(16-19)29-20-11-4-5-12-20)22-14-7-15-26(24(22)28)17-18-8-2-1-3-9-18/h1-3,6-10,13-16,20H,4-5,11-12,17H2,(H,25,27). The predicted octanol–water partition coefficient (Wildman–Crippen LogP) is 4.47. The summed E-state index contributed by atoms with van der Waals surface area (Å²) in [4.78, 5) is 25.5. The van der Waals surface area contributed by atoms with E-state index in [1.807, 2.05) is 48.5 Å². The molecule has 1 heterocycles. The number of amides is 1. The van der Waals surface area contributed by atoms with Gasteiger partial charge >= 0.3 is 0 Å². The Morgan fingerprint density at radius 1 is 1.00 bits per heavy atom. The lowest BCUT2D eigenvalue weighted by Gasteiger charge is -2.14. The maximum absolute atomic E-state index is 12.8. The van der Waals surface area contributed by atoms with Crippen molar-refractivity contribution in [1.29, 1.82) is 0 Å². The zero-order valence-corrected chi connectivity index (χ0v) is 16.2. The van der Waals surface area contributed by atoms with Crippen LogP contribution in [0.25, 0.3) is 0 Å². The number of hydrogen-bond acceptors (Lipinski definition) is 3. The number of ether oxygens (including phenoxy) is 1. The molecule has 0 unspecified atom stereocenters. The van der Waals surface area contributed by atoms with Crippen molar-refractivity contribution in [3.63, 3.8) is 0 Å². The highest BCUT2D eigenvalue weighted by Gasteiger charge is 2.17. The van der Waals surface area contributed by atoms with Crippen molar-refractivity contribution in [3.8, 4) is 5.75 Å². The Morgan fingerprint density at radius 3 is 2.59 bits per heavy atom. The van der Waals surface area contributed by atoms with Gasteiger partial charge in [-0.1, -0.05) is 36.4 Å². The van der Waals surface area contributed by atoms with Gasteiger partial charge in [-0.15, -0.1) is 0 Å². The summed E-state index contributed by atoms with van der Waals surface area (Å²) in [5.74, 6) is 0.319. The van der Waals surface area contributed by atoms with Gasteiger partial charge in [0.1, 0.15) is 11.3 Å². The smallest absolute Gasteiger partial charge is 0.263 e. The molecule has 0 bridgehead atoms. The second kappa shape index (κ2) is 8.78. The maximum atomic E-state index is 12.8. The summed E-state index contributed by atoms with van der Waals surface area (Å²) in [6.45, 7) is 0.422. The zero-order chi connectivity index (χ0) is 20.1. The summed E-state index contributed by atoms with van der Waals surface area (Å²) >= 11 is 0. The zero-order valence-electron chi connectivity index (χ0n) is 16.2. The van der Waals surface area contributed by atoms with Crippen molar-refractivity contribution in [3.05, 3.63) is 94.4 Å². The molecule has 0 spiro atoms. The van der Waals surface area contributed by atoms with Gasteiger partial charge in [0.05, 0.1) is 12.6 Å². The quantitative estimate of drug-likeness (QED) is 0.678. The fourth-order valence-electron chi connectivity index (χ4n) is 3.66. The molecule has 1 aliphatic rings. The number of benzene rings is 2. The van der Waals surface area contributed by atoms with Crippen molar-refractivity contribution in [2.45, 2.75) is 38.3 Å². The number of anilines is 1. The van der Waals surface area contributed by atoms with E-state index in [0.717, 1.165) is 24.2 Å². The highest BCUT2D eigenvalue weighted by Crippen LogP contribution is 2.25. The number of nitrogens with zero attached hydrogens (tertiary/aromatic N) is 1. The van der Waals surface area contributed by atoms with Crippen molar-refractivity contribution < 1.29 is 9.53 Å². The Bertz CT molecular complexity index is 1040. The van der Waals surface area contributed by atoms with Crippen LogP contribution in [0.2, 0.25) is 0 Å². The van der Waals surface area contributed by atoms with E-state index in [1.165, 1.54) is 12.8 Å². The van der Waals surface area contributed by atoms with Crippen LogP contribution < -0.4 is 15.6 Å². The number of carbonyl (C=O) groups is 1. The average molecular weight is 388 g/mol. The number of nitrogens with one attached hydrogen (secondary N) is 1. The summed E-state index contributed by atoms with van der Waals surface area (Å²) < 4.78 is 7.54. The van der Waals surface area contributed by atoms with E-state index in [2.05, 4.69) is 5.32 Å². The average Bonchev–Trinajstić information content (AvgIpc) is 3.23. The Labute approximate surface area is 170 Å². The summed E-state index contributed by atoms with van der Waals surface area (Å²) in [6.07, 6.45) is 6.49. The molecule has 0 saturated heterocycles. The van der Waals surface area contributed by atoms with E-state index < -0.39 is 5.91 Å². The fourth-order valence-corrected chi connectivity index (χ4v) is 3.66. The van der Waals surface area contributed by atoms with Crippen LogP contribution in [0.1, 0.15) is 41.6 Å². The Morgan fingerprint density at radius 2 is 1.79 bits per heavy atom. The minimum atomic E-state index is -0.421. The molecule has 5 heteroatoms. The molecule has 0 atom stereocenters. The molecular weight excluding hydrogens is 364 g/mol. The molecule has 0 radical (unpaired) electrons. The van der Waals surface area contributed by atoms with Gasteiger partial charge in [0.25, 0.3) is 11.5 Å². The third-order valence-electron chi connectivity index (χ3n) is 5.16. The molecule has 148 valence electrons. The van der Waals surface area contributed by atoms with E-state index in [-0.39, 0.29) is 17.2 Å². The van der Waals surface area contributed by atoms with Gasteiger partial charge in [-0.2, -0.15) is 0 Å². The molecule has 2 aromatic carbocycles. The molecule has 1 amide bonds. The second-order valence-corrected chi connectivity index (χ2v) is 7.35.